The lowest BCUT2D eigenvalue weighted by Crippen LogP contribution is -2.21. The van der Waals surface area contributed by atoms with E-state index in [1.165, 1.54) is 6.07 Å². The van der Waals surface area contributed by atoms with Crippen LogP contribution in [-0.2, 0) is 6.42 Å². The summed E-state index contributed by atoms with van der Waals surface area (Å²) in [6.45, 7) is 1.86. The van der Waals surface area contributed by atoms with E-state index < -0.39 is 6.36 Å². The van der Waals surface area contributed by atoms with Crippen LogP contribution in [0.4, 0.5) is 13.2 Å². The second-order valence-electron chi connectivity index (χ2n) is 3.71. The summed E-state index contributed by atoms with van der Waals surface area (Å²) in [6.07, 6.45) is -3.76. The number of phenols is 1. The van der Waals surface area contributed by atoms with Gasteiger partial charge in [-0.3, -0.25) is 0 Å². The fourth-order valence-electron chi connectivity index (χ4n) is 1.35. The Labute approximate surface area is 97.0 Å². The Bertz CT molecular complexity index is 379. The van der Waals surface area contributed by atoms with Gasteiger partial charge in [0, 0.05) is 6.04 Å². The predicted octanol–water partition coefficient (Wildman–Crippen LogP) is 2.57. The number of alkyl halides is 3. The van der Waals surface area contributed by atoms with Crippen molar-refractivity contribution in [2.75, 3.05) is 0 Å². The first-order valence-electron chi connectivity index (χ1n) is 5.15. The highest BCUT2D eigenvalue weighted by molar-refractivity contribution is 5.39. The van der Waals surface area contributed by atoms with Gasteiger partial charge in [-0.1, -0.05) is 6.92 Å². The zero-order valence-corrected chi connectivity index (χ0v) is 9.29. The van der Waals surface area contributed by atoms with Gasteiger partial charge in [0.05, 0.1) is 0 Å². The van der Waals surface area contributed by atoms with E-state index in [-0.39, 0.29) is 17.5 Å². The first-order valence-corrected chi connectivity index (χ1v) is 5.15. The van der Waals surface area contributed by atoms with E-state index in [4.69, 9.17) is 5.73 Å². The van der Waals surface area contributed by atoms with E-state index in [9.17, 15) is 18.3 Å². The Hall–Kier alpha value is -1.43. The van der Waals surface area contributed by atoms with E-state index >= 15 is 0 Å². The highest BCUT2D eigenvalue weighted by atomic mass is 19.4. The molecule has 3 nitrogen and oxygen atoms in total. The zero-order valence-electron chi connectivity index (χ0n) is 9.29. The van der Waals surface area contributed by atoms with Crippen LogP contribution in [0.5, 0.6) is 11.5 Å². The molecule has 3 N–H and O–H groups in total. The molecule has 0 bridgehead atoms. The largest absolute Gasteiger partial charge is 0.573 e. The molecular formula is C11H14F3NO2. The maximum Gasteiger partial charge on any atom is 0.573 e. The molecule has 6 heteroatoms. The molecule has 1 atom stereocenters. The Morgan fingerprint density at radius 3 is 2.59 bits per heavy atom. The quantitative estimate of drug-likeness (QED) is 0.862. The molecule has 1 rings (SSSR count). The topological polar surface area (TPSA) is 55.5 Å². The van der Waals surface area contributed by atoms with Gasteiger partial charge >= 0.3 is 6.36 Å². The third kappa shape index (κ3) is 4.52. The lowest BCUT2D eigenvalue weighted by molar-refractivity contribution is -0.274. The van der Waals surface area contributed by atoms with Crippen molar-refractivity contribution in [2.24, 2.45) is 5.73 Å². The van der Waals surface area contributed by atoms with Crippen LogP contribution >= 0.6 is 0 Å². The molecule has 0 aliphatic heterocycles. The smallest absolute Gasteiger partial charge is 0.508 e. The molecule has 0 aliphatic rings. The number of hydrogen-bond donors (Lipinski definition) is 2. The molecule has 0 aromatic heterocycles. The average Bonchev–Trinajstić information content (AvgIpc) is 2.20. The average molecular weight is 249 g/mol. The molecule has 17 heavy (non-hydrogen) atoms. The number of benzene rings is 1. The van der Waals surface area contributed by atoms with Crippen molar-refractivity contribution < 1.29 is 23.0 Å². The van der Waals surface area contributed by atoms with Crippen LogP contribution in [0.2, 0.25) is 0 Å². The van der Waals surface area contributed by atoms with E-state index in [2.05, 4.69) is 4.74 Å². The number of aromatic hydroxyl groups is 1. The van der Waals surface area contributed by atoms with Crippen LogP contribution in [0.3, 0.4) is 0 Å². The second kappa shape index (κ2) is 5.27. The van der Waals surface area contributed by atoms with Crippen molar-refractivity contribution in [1.82, 2.24) is 0 Å². The van der Waals surface area contributed by atoms with Crippen molar-refractivity contribution >= 4 is 0 Å². The van der Waals surface area contributed by atoms with E-state index in [0.717, 1.165) is 12.1 Å². The van der Waals surface area contributed by atoms with E-state index in [0.29, 0.717) is 18.4 Å². The maximum atomic E-state index is 12.0. The number of rotatable bonds is 4. The fourth-order valence-corrected chi connectivity index (χ4v) is 1.35. The van der Waals surface area contributed by atoms with E-state index in [1.54, 1.807) is 0 Å². The normalized spacial score (nSPS) is 13.5. The minimum absolute atomic E-state index is 0.0802. The molecule has 0 amide bonds. The molecular weight excluding hydrogens is 235 g/mol. The molecule has 1 aromatic rings. The highest BCUT2D eigenvalue weighted by Crippen LogP contribution is 2.28. The Morgan fingerprint density at radius 2 is 2.06 bits per heavy atom. The fraction of sp³-hybridized carbons (Fsp3) is 0.455. The SMILES string of the molecule is CCC(N)Cc1cc(OC(F)(F)F)ccc1O. The predicted molar refractivity (Wildman–Crippen MR) is 56.8 cm³/mol. The van der Waals surface area contributed by atoms with Crippen LogP contribution in [0.1, 0.15) is 18.9 Å². The van der Waals surface area contributed by atoms with Crippen molar-refractivity contribution in [3.8, 4) is 11.5 Å². The summed E-state index contributed by atoms with van der Waals surface area (Å²) < 4.78 is 39.7. The zero-order chi connectivity index (χ0) is 13.1. The van der Waals surface area contributed by atoms with Gasteiger partial charge in [-0.2, -0.15) is 0 Å². The minimum atomic E-state index is -4.74. The summed E-state index contributed by atoms with van der Waals surface area (Å²) in [6, 6.07) is 3.17. The highest BCUT2D eigenvalue weighted by Gasteiger charge is 2.31. The molecule has 96 valence electrons. The number of nitrogens with two attached hydrogens (primary N) is 1. The maximum absolute atomic E-state index is 12.0. The summed E-state index contributed by atoms with van der Waals surface area (Å²) in [5, 5.41) is 9.49. The van der Waals surface area contributed by atoms with Gasteiger partial charge in [0.2, 0.25) is 0 Å². The first kappa shape index (κ1) is 13.6. The van der Waals surface area contributed by atoms with Gasteiger partial charge in [0.1, 0.15) is 11.5 Å². The van der Waals surface area contributed by atoms with Crippen LogP contribution in [0.15, 0.2) is 18.2 Å². The third-order valence-corrected chi connectivity index (χ3v) is 2.29. The van der Waals surface area contributed by atoms with Gasteiger partial charge in [0.25, 0.3) is 0 Å². The minimum Gasteiger partial charge on any atom is -0.508 e. The van der Waals surface area contributed by atoms with Gasteiger partial charge in [-0.15, -0.1) is 13.2 Å². The van der Waals surface area contributed by atoms with Gasteiger partial charge in [-0.25, -0.2) is 0 Å². The molecule has 0 heterocycles. The summed E-state index contributed by atoms with van der Waals surface area (Å²) in [5.41, 5.74) is 6.03. The molecule has 0 aliphatic carbocycles. The number of ether oxygens (including phenoxy) is 1. The second-order valence-corrected chi connectivity index (χ2v) is 3.71. The molecule has 0 radical (unpaired) electrons. The summed E-state index contributed by atoms with van der Waals surface area (Å²) in [7, 11) is 0. The molecule has 1 unspecified atom stereocenters. The van der Waals surface area contributed by atoms with Crippen LogP contribution in [0.25, 0.3) is 0 Å². The van der Waals surface area contributed by atoms with Crippen LogP contribution in [-0.4, -0.2) is 17.5 Å². The summed E-state index contributed by atoms with van der Waals surface area (Å²) >= 11 is 0. The first-order chi connectivity index (χ1) is 7.81. The molecule has 0 saturated carbocycles. The number of hydrogen-bond acceptors (Lipinski definition) is 3. The lowest BCUT2D eigenvalue weighted by Gasteiger charge is -2.13. The van der Waals surface area contributed by atoms with Gasteiger partial charge < -0.3 is 15.6 Å². The van der Waals surface area contributed by atoms with Crippen LogP contribution < -0.4 is 10.5 Å². The molecule has 0 spiro atoms. The number of halogens is 3. The number of phenolic OH excluding ortho intramolecular Hbond substituents is 1. The molecule has 0 saturated heterocycles. The molecule has 1 aromatic carbocycles. The lowest BCUT2D eigenvalue weighted by atomic mass is 10.0. The molecule has 0 fully saturated rings. The monoisotopic (exact) mass is 249 g/mol. The van der Waals surface area contributed by atoms with Gasteiger partial charge in [-0.05, 0) is 36.6 Å². The summed E-state index contributed by atoms with van der Waals surface area (Å²) in [4.78, 5) is 0. The standard InChI is InChI=1S/C11H14F3NO2/c1-2-8(15)5-7-6-9(3-4-10(7)16)17-11(12,13)14/h3-4,6,8,16H,2,5,15H2,1H3. The Morgan fingerprint density at radius 1 is 1.41 bits per heavy atom. The van der Waals surface area contributed by atoms with E-state index in [1.807, 2.05) is 6.92 Å². The van der Waals surface area contributed by atoms with Crippen LogP contribution in [0, 0.1) is 0 Å². The van der Waals surface area contributed by atoms with Crippen molar-refractivity contribution in [3.63, 3.8) is 0 Å². The third-order valence-electron chi connectivity index (χ3n) is 2.29. The van der Waals surface area contributed by atoms with Gasteiger partial charge in [0.15, 0.2) is 0 Å². The summed E-state index contributed by atoms with van der Waals surface area (Å²) in [5.74, 6) is -0.433. The Balaban J connectivity index is 2.86. The van der Waals surface area contributed by atoms with Crippen molar-refractivity contribution in [2.45, 2.75) is 32.2 Å². The Kier molecular flexibility index (Phi) is 4.22. The van der Waals surface area contributed by atoms with Crippen molar-refractivity contribution in [1.29, 1.82) is 0 Å². The van der Waals surface area contributed by atoms with Crippen molar-refractivity contribution in [3.05, 3.63) is 23.8 Å².